The fourth-order valence-corrected chi connectivity index (χ4v) is 2.75. The highest BCUT2D eigenvalue weighted by Crippen LogP contribution is 2.13. The molecule has 0 bridgehead atoms. The number of aromatic nitrogens is 3. The lowest BCUT2D eigenvalue weighted by atomic mass is 10.1. The summed E-state index contributed by atoms with van der Waals surface area (Å²) >= 11 is 0. The van der Waals surface area contributed by atoms with Gasteiger partial charge in [-0.05, 0) is 50.3 Å². The van der Waals surface area contributed by atoms with Crippen LogP contribution in [0.1, 0.15) is 49.8 Å². The highest BCUT2D eigenvalue weighted by atomic mass is 16.5. The number of rotatable bonds is 11. The predicted molar refractivity (Wildman–Crippen MR) is 114 cm³/mol. The monoisotopic (exact) mass is 386 g/mol. The van der Waals surface area contributed by atoms with Crippen LogP contribution in [0.4, 0.5) is 0 Å². The third kappa shape index (κ3) is 7.21. The van der Waals surface area contributed by atoms with Gasteiger partial charge in [0, 0.05) is 20.1 Å². The molecule has 0 saturated carbocycles. The second-order valence-corrected chi connectivity index (χ2v) is 6.90. The quantitative estimate of drug-likeness (QED) is 0.353. The molecule has 7 heteroatoms. The van der Waals surface area contributed by atoms with Crippen LogP contribution < -0.4 is 15.4 Å². The molecule has 1 heterocycles. The molecule has 0 atom stereocenters. The Morgan fingerprint density at radius 1 is 1.07 bits per heavy atom. The van der Waals surface area contributed by atoms with Crippen molar-refractivity contribution in [2.75, 3.05) is 20.2 Å². The smallest absolute Gasteiger partial charge is 0.191 e. The molecule has 0 radical (unpaired) electrons. The van der Waals surface area contributed by atoms with Crippen molar-refractivity contribution in [3.63, 3.8) is 0 Å². The summed E-state index contributed by atoms with van der Waals surface area (Å²) in [5.74, 6) is 3.52. The van der Waals surface area contributed by atoms with Crippen LogP contribution in [-0.4, -0.2) is 40.9 Å². The summed E-state index contributed by atoms with van der Waals surface area (Å²) in [7, 11) is 3.66. The van der Waals surface area contributed by atoms with Crippen LogP contribution in [0.15, 0.2) is 29.3 Å². The largest absolute Gasteiger partial charge is 0.497 e. The van der Waals surface area contributed by atoms with E-state index in [1.54, 1.807) is 7.11 Å². The Morgan fingerprint density at radius 2 is 1.79 bits per heavy atom. The molecule has 0 aliphatic heterocycles. The number of unbranched alkanes of at least 4 members (excludes halogenated alkanes) is 2. The summed E-state index contributed by atoms with van der Waals surface area (Å²) in [5.41, 5.74) is 1.34. The number of hydrogen-bond acceptors (Lipinski definition) is 4. The Kier molecular flexibility index (Phi) is 9.31. The van der Waals surface area contributed by atoms with E-state index in [2.05, 4.69) is 44.9 Å². The standard InChI is InChI=1S/C21H34N6O/c1-5-6-14-22-21(24-16-20-26-25-17(2)27(20)3)23-15-8-7-9-18-10-12-19(28-4)13-11-18/h10-13H,5-9,14-16H2,1-4H3,(H2,22,23,24). The molecule has 2 aromatic rings. The Balaban J connectivity index is 1.77. The van der Waals surface area contributed by atoms with Gasteiger partial charge in [0.05, 0.1) is 7.11 Å². The Labute approximate surface area is 168 Å². The van der Waals surface area contributed by atoms with E-state index in [1.165, 1.54) is 5.56 Å². The Bertz CT molecular complexity index is 723. The van der Waals surface area contributed by atoms with Crippen molar-refractivity contribution in [1.29, 1.82) is 0 Å². The van der Waals surface area contributed by atoms with Crippen molar-refractivity contribution in [2.45, 2.75) is 52.5 Å². The minimum atomic E-state index is 0.518. The SMILES string of the molecule is CCCCNC(=NCc1nnc(C)n1C)NCCCCc1ccc(OC)cc1. The molecule has 0 fully saturated rings. The molecule has 0 amide bonds. The summed E-state index contributed by atoms with van der Waals surface area (Å²) in [4.78, 5) is 4.67. The van der Waals surface area contributed by atoms with Crippen LogP contribution in [0.25, 0.3) is 0 Å². The maximum Gasteiger partial charge on any atom is 0.191 e. The third-order valence-corrected chi connectivity index (χ3v) is 4.73. The van der Waals surface area contributed by atoms with Gasteiger partial charge in [0.2, 0.25) is 0 Å². The van der Waals surface area contributed by atoms with Crippen LogP contribution in [0, 0.1) is 6.92 Å². The van der Waals surface area contributed by atoms with Gasteiger partial charge in [-0.2, -0.15) is 0 Å². The van der Waals surface area contributed by atoms with Crippen LogP contribution >= 0.6 is 0 Å². The number of nitrogens with one attached hydrogen (secondary N) is 2. The highest BCUT2D eigenvalue weighted by Gasteiger charge is 2.05. The predicted octanol–water partition coefficient (Wildman–Crippen LogP) is 2.99. The van der Waals surface area contributed by atoms with Crippen molar-refractivity contribution in [3.05, 3.63) is 41.5 Å². The zero-order valence-electron chi connectivity index (χ0n) is 17.7. The van der Waals surface area contributed by atoms with Crippen molar-refractivity contribution in [2.24, 2.45) is 12.0 Å². The van der Waals surface area contributed by atoms with Gasteiger partial charge in [-0.1, -0.05) is 25.5 Å². The maximum absolute atomic E-state index is 5.20. The van der Waals surface area contributed by atoms with Gasteiger partial charge in [0.15, 0.2) is 11.8 Å². The van der Waals surface area contributed by atoms with Crippen LogP contribution in [0.2, 0.25) is 0 Å². The lowest BCUT2D eigenvalue weighted by molar-refractivity contribution is 0.414. The van der Waals surface area contributed by atoms with E-state index in [-0.39, 0.29) is 0 Å². The molecule has 0 aliphatic rings. The zero-order valence-corrected chi connectivity index (χ0v) is 17.7. The van der Waals surface area contributed by atoms with Gasteiger partial charge < -0.3 is 19.9 Å². The summed E-state index contributed by atoms with van der Waals surface area (Å²) in [6.45, 7) is 6.47. The van der Waals surface area contributed by atoms with Gasteiger partial charge in [0.25, 0.3) is 0 Å². The number of aryl methyl sites for hydroxylation is 2. The second-order valence-electron chi connectivity index (χ2n) is 6.90. The van der Waals surface area contributed by atoms with Crippen LogP contribution in [0.3, 0.4) is 0 Å². The van der Waals surface area contributed by atoms with Crippen molar-refractivity contribution in [3.8, 4) is 5.75 Å². The van der Waals surface area contributed by atoms with Crippen molar-refractivity contribution >= 4 is 5.96 Å². The zero-order chi connectivity index (χ0) is 20.2. The lowest BCUT2D eigenvalue weighted by Crippen LogP contribution is -2.38. The van der Waals surface area contributed by atoms with Crippen LogP contribution in [-0.2, 0) is 20.0 Å². The van der Waals surface area contributed by atoms with Gasteiger partial charge in [-0.25, -0.2) is 4.99 Å². The topological polar surface area (TPSA) is 76.4 Å². The highest BCUT2D eigenvalue weighted by molar-refractivity contribution is 5.79. The minimum Gasteiger partial charge on any atom is -0.497 e. The molecule has 0 saturated heterocycles. The summed E-state index contributed by atoms with van der Waals surface area (Å²) in [5, 5.41) is 15.1. The molecule has 154 valence electrons. The molecule has 2 N–H and O–H groups in total. The summed E-state index contributed by atoms with van der Waals surface area (Å²) in [6, 6.07) is 8.30. The number of aliphatic imine (C=N–C) groups is 1. The van der Waals surface area contributed by atoms with E-state index < -0.39 is 0 Å². The normalized spacial score (nSPS) is 11.5. The van der Waals surface area contributed by atoms with Gasteiger partial charge in [-0.3, -0.25) is 0 Å². The molecular formula is C21H34N6O. The van der Waals surface area contributed by atoms with Gasteiger partial charge >= 0.3 is 0 Å². The number of nitrogens with zero attached hydrogens (tertiary/aromatic N) is 4. The first-order chi connectivity index (χ1) is 13.6. The van der Waals surface area contributed by atoms with Crippen molar-refractivity contribution in [1.82, 2.24) is 25.4 Å². The average Bonchev–Trinajstić information content (AvgIpc) is 3.04. The average molecular weight is 387 g/mol. The molecule has 1 aromatic carbocycles. The Morgan fingerprint density at radius 3 is 2.39 bits per heavy atom. The first kappa shape index (κ1) is 21.7. The number of methoxy groups -OCH3 is 1. The van der Waals surface area contributed by atoms with E-state index in [4.69, 9.17) is 4.74 Å². The maximum atomic E-state index is 5.20. The van der Waals surface area contributed by atoms with Crippen LogP contribution in [0.5, 0.6) is 5.75 Å². The molecular weight excluding hydrogens is 352 g/mol. The van der Waals surface area contributed by atoms with E-state index in [0.29, 0.717) is 6.54 Å². The number of guanidine groups is 1. The minimum absolute atomic E-state index is 0.518. The molecule has 0 aliphatic carbocycles. The number of benzene rings is 1. The summed E-state index contributed by atoms with van der Waals surface area (Å²) < 4.78 is 7.18. The lowest BCUT2D eigenvalue weighted by Gasteiger charge is -2.12. The molecule has 1 aromatic heterocycles. The van der Waals surface area contributed by atoms with Crippen molar-refractivity contribution < 1.29 is 4.74 Å². The van der Waals surface area contributed by atoms with Gasteiger partial charge in [-0.15, -0.1) is 10.2 Å². The van der Waals surface area contributed by atoms with Gasteiger partial charge in [0.1, 0.15) is 18.1 Å². The molecule has 7 nitrogen and oxygen atoms in total. The number of ether oxygens (including phenoxy) is 1. The van der Waals surface area contributed by atoms with E-state index >= 15 is 0 Å². The Hall–Kier alpha value is -2.57. The molecule has 0 spiro atoms. The fourth-order valence-electron chi connectivity index (χ4n) is 2.75. The van der Waals surface area contributed by atoms with E-state index in [9.17, 15) is 0 Å². The summed E-state index contributed by atoms with van der Waals surface area (Å²) in [6.07, 6.45) is 5.57. The third-order valence-electron chi connectivity index (χ3n) is 4.73. The fraction of sp³-hybridized carbons (Fsp3) is 0.571. The van der Waals surface area contributed by atoms with E-state index in [1.807, 2.05) is 30.7 Å². The molecule has 2 rings (SSSR count). The number of hydrogen-bond donors (Lipinski definition) is 2. The van der Waals surface area contributed by atoms with E-state index in [0.717, 1.165) is 68.6 Å². The molecule has 0 unspecified atom stereocenters. The molecule has 28 heavy (non-hydrogen) atoms. The second kappa shape index (κ2) is 12.0. The first-order valence-corrected chi connectivity index (χ1v) is 10.1. The first-order valence-electron chi connectivity index (χ1n) is 10.1.